The van der Waals surface area contributed by atoms with E-state index >= 15 is 0 Å². The fourth-order valence-electron chi connectivity index (χ4n) is 4.09. The standard InChI is InChI=1S/C23H26N6O4S/c1-33-17-7-3-2-6-16(17)26-18(30)12-29-13-24-20-19(22(29)32)34-23(27-20)28-10-4-5-14(11-28)21(31)25-15-8-9-15/h2-3,6-7,13-15H,4-5,8-12H2,1H3,(H,25,31)(H,26,30)/t14-/m1/s1. The van der Waals surface area contributed by atoms with Crippen molar-refractivity contribution in [2.75, 3.05) is 30.4 Å². The number of fused-ring (bicyclic) bond motifs is 1. The summed E-state index contributed by atoms with van der Waals surface area (Å²) in [5.74, 6) is 0.201. The second-order valence-corrected chi connectivity index (χ2v) is 9.62. The SMILES string of the molecule is COc1ccccc1NC(=O)Cn1cnc2nc(N3CCC[C@@H](C(=O)NC4CC4)C3)sc2c1=O. The molecule has 2 fully saturated rings. The van der Waals surface area contributed by atoms with E-state index in [4.69, 9.17) is 4.74 Å². The van der Waals surface area contributed by atoms with Crippen LogP contribution in [0.4, 0.5) is 10.8 Å². The molecule has 34 heavy (non-hydrogen) atoms. The third kappa shape index (κ3) is 4.74. The van der Waals surface area contributed by atoms with Crippen LogP contribution in [0.5, 0.6) is 5.75 Å². The number of piperidine rings is 1. The Morgan fingerprint density at radius 3 is 2.85 bits per heavy atom. The fourth-order valence-corrected chi connectivity index (χ4v) is 5.09. The summed E-state index contributed by atoms with van der Waals surface area (Å²) in [4.78, 5) is 49.0. The molecule has 0 radical (unpaired) electrons. The average molecular weight is 483 g/mol. The van der Waals surface area contributed by atoms with Gasteiger partial charge in [-0.2, -0.15) is 4.98 Å². The van der Waals surface area contributed by atoms with Crippen molar-refractivity contribution in [3.63, 3.8) is 0 Å². The summed E-state index contributed by atoms with van der Waals surface area (Å²) in [6.45, 7) is 1.18. The number of carbonyl (C=O) groups is 2. The number of amides is 2. The number of hydrogen-bond acceptors (Lipinski definition) is 8. The minimum absolute atomic E-state index is 0.0790. The van der Waals surface area contributed by atoms with Crippen molar-refractivity contribution in [3.05, 3.63) is 40.9 Å². The number of thiazole rings is 1. The smallest absolute Gasteiger partial charge is 0.273 e. The molecular formula is C23H26N6O4S. The second-order valence-electron chi connectivity index (χ2n) is 8.64. The zero-order valence-electron chi connectivity index (χ0n) is 18.8. The van der Waals surface area contributed by atoms with E-state index in [9.17, 15) is 14.4 Å². The van der Waals surface area contributed by atoms with Gasteiger partial charge >= 0.3 is 0 Å². The lowest BCUT2D eigenvalue weighted by atomic mass is 9.97. The molecule has 2 aliphatic rings. The van der Waals surface area contributed by atoms with Crippen LogP contribution < -0.4 is 25.8 Å². The molecular weight excluding hydrogens is 456 g/mol. The molecule has 0 bridgehead atoms. The number of rotatable bonds is 7. The number of nitrogens with one attached hydrogen (secondary N) is 2. The van der Waals surface area contributed by atoms with Crippen molar-refractivity contribution in [1.82, 2.24) is 19.9 Å². The van der Waals surface area contributed by atoms with Gasteiger partial charge in [-0.3, -0.25) is 19.0 Å². The lowest BCUT2D eigenvalue weighted by Crippen LogP contribution is -2.43. The first-order valence-corrected chi connectivity index (χ1v) is 12.2. The van der Waals surface area contributed by atoms with Crippen molar-refractivity contribution >= 4 is 44.3 Å². The highest BCUT2D eigenvalue weighted by Crippen LogP contribution is 2.30. The van der Waals surface area contributed by atoms with E-state index in [1.165, 1.54) is 29.3 Å². The van der Waals surface area contributed by atoms with Crippen molar-refractivity contribution in [2.45, 2.75) is 38.3 Å². The van der Waals surface area contributed by atoms with Crippen LogP contribution in [0.3, 0.4) is 0 Å². The van der Waals surface area contributed by atoms with E-state index in [0.717, 1.165) is 32.2 Å². The average Bonchev–Trinajstić information content (AvgIpc) is 3.55. The van der Waals surface area contributed by atoms with Gasteiger partial charge in [0, 0.05) is 19.1 Å². The van der Waals surface area contributed by atoms with Gasteiger partial charge in [0.2, 0.25) is 11.8 Å². The number of aromatic nitrogens is 3. The highest BCUT2D eigenvalue weighted by atomic mass is 32.1. The number of para-hydroxylation sites is 2. The Bertz CT molecular complexity index is 1280. The molecule has 2 aromatic heterocycles. The van der Waals surface area contributed by atoms with Gasteiger partial charge in [0.15, 0.2) is 10.8 Å². The molecule has 5 rings (SSSR count). The third-order valence-electron chi connectivity index (χ3n) is 6.05. The maximum Gasteiger partial charge on any atom is 0.273 e. The highest BCUT2D eigenvalue weighted by molar-refractivity contribution is 7.22. The number of nitrogens with zero attached hydrogens (tertiary/aromatic N) is 4. The summed E-state index contributed by atoms with van der Waals surface area (Å²) in [5, 5.41) is 6.53. The minimum Gasteiger partial charge on any atom is -0.495 e. The maximum atomic E-state index is 13.0. The molecule has 1 aliphatic heterocycles. The van der Waals surface area contributed by atoms with E-state index in [-0.39, 0.29) is 29.8 Å². The summed E-state index contributed by atoms with van der Waals surface area (Å²) in [7, 11) is 1.53. The number of ether oxygens (including phenoxy) is 1. The normalized spacial score (nSPS) is 18.0. The molecule has 2 N–H and O–H groups in total. The van der Waals surface area contributed by atoms with Crippen LogP contribution in [0.2, 0.25) is 0 Å². The second kappa shape index (κ2) is 9.41. The number of hydrogen-bond donors (Lipinski definition) is 2. The van der Waals surface area contributed by atoms with Crippen LogP contribution in [0.25, 0.3) is 10.3 Å². The van der Waals surface area contributed by atoms with Gasteiger partial charge in [-0.15, -0.1) is 0 Å². The van der Waals surface area contributed by atoms with Gasteiger partial charge in [0.1, 0.15) is 23.3 Å². The Kier molecular flexibility index (Phi) is 6.18. The zero-order chi connectivity index (χ0) is 23.7. The van der Waals surface area contributed by atoms with Crippen molar-refractivity contribution in [2.24, 2.45) is 5.92 Å². The van der Waals surface area contributed by atoms with E-state index in [2.05, 4.69) is 25.5 Å². The van der Waals surface area contributed by atoms with Crippen LogP contribution in [0.15, 0.2) is 35.4 Å². The van der Waals surface area contributed by atoms with Crippen LogP contribution in [0.1, 0.15) is 25.7 Å². The van der Waals surface area contributed by atoms with Gasteiger partial charge in [0.25, 0.3) is 5.56 Å². The largest absolute Gasteiger partial charge is 0.495 e. The summed E-state index contributed by atoms with van der Waals surface area (Å²) in [6.07, 6.45) is 5.22. The number of methoxy groups -OCH3 is 1. The summed E-state index contributed by atoms with van der Waals surface area (Å²) >= 11 is 1.26. The van der Waals surface area contributed by atoms with Crippen LogP contribution in [-0.2, 0) is 16.1 Å². The molecule has 1 aromatic carbocycles. The first-order valence-electron chi connectivity index (χ1n) is 11.4. The molecule has 178 valence electrons. The van der Waals surface area contributed by atoms with Crippen molar-refractivity contribution < 1.29 is 14.3 Å². The molecule has 10 nitrogen and oxygen atoms in total. The van der Waals surface area contributed by atoms with Crippen LogP contribution >= 0.6 is 11.3 Å². The van der Waals surface area contributed by atoms with E-state index in [0.29, 0.717) is 39.5 Å². The Labute approximate surface area is 200 Å². The Hall–Kier alpha value is -3.47. The van der Waals surface area contributed by atoms with E-state index in [1.807, 2.05) is 6.07 Å². The Morgan fingerprint density at radius 2 is 2.06 bits per heavy atom. The monoisotopic (exact) mass is 482 g/mol. The lowest BCUT2D eigenvalue weighted by Gasteiger charge is -2.31. The quantitative estimate of drug-likeness (QED) is 0.529. The van der Waals surface area contributed by atoms with Crippen molar-refractivity contribution in [1.29, 1.82) is 0 Å². The molecule has 1 atom stereocenters. The molecule has 0 spiro atoms. The topological polar surface area (TPSA) is 118 Å². The maximum absolute atomic E-state index is 13.0. The van der Waals surface area contributed by atoms with Gasteiger partial charge < -0.3 is 20.3 Å². The molecule has 1 saturated carbocycles. The molecule has 2 amide bonds. The summed E-state index contributed by atoms with van der Waals surface area (Å²) in [5.41, 5.74) is 0.572. The molecule has 1 aliphatic carbocycles. The summed E-state index contributed by atoms with van der Waals surface area (Å²) < 4.78 is 6.92. The lowest BCUT2D eigenvalue weighted by molar-refractivity contribution is -0.125. The predicted molar refractivity (Wildman–Crippen MR) is 129 cm³/mol. The predicted octanol–water partition coefficient (Wildman–Crippen LogP) is 2.00. The number of anilines is 2. The third-order valence-corrected chi connectivity index (χ3v) is 7.15. The van der Waals surface area contributed by atoms with Gasteiger partial charge in [0.05, 0.1) is 18.7 Å². The van der Waals surface area contributed by atoms with Crippen molar-refractivity contribution in [3.8, 4) is 5.75 Å². The van der Waals surface area contributed by atoms with Gasteiger partial charge in [-0.1, -0.05) is 23.5 Å². The minimum atomic E-state index is -0.363. The van der Waals surface area contributed by atoms with Crippen LogP contribution in [0, 0.1) is 5.92 Å². The molecule has 11 heteroatoms. The Balaban J connectivity index is 1.30. The number of benzene rings is 1. The summed E-state index contributed by atoms with van der Waals surface area (Å²) in [6, 6.07) is 7.41. The van der Waals surface area contributed by atoms with Crippen LogP contribution in [-0.4, -0.2) is 52.6 Å². The fraction of sp³-hybridized carbons (Fsp3) is 0.435. The zero-order valence-corrected chi connectivity index (χ0v) is 19.6. The molecule has 1 saturated heterocycles. The van der Waals surface area contributed by atoms with E-state index < -0.39 is 0 Å². The highest BCUT2D eigenvalue weighted by Gasteiger charge is 2.31. The first kappa shape index (κ1) is 22.3. The molecule has 3 aromatic rings. The van der Waals surface area contributed by atoms with Gasteiger partial charge in [-0.25, -0.2) is 4.98 Å². The first-order chi connectivity index (χ1) is 16.5. The van der Waals surface area contributed by atoms with Gasteiger partial charge in [-0.05, 0) is 37.8 Å². The number of carbonyl (C=O) groups excluding carboxylic acids is 2. The molecule has 0 unspecified atom stereocenters. The molecule has 3 heterocycles. The Morgan fingerprint density at radius 1 is 1.24 bits per heavy atom. The van der Waals surface area contributed by atoms with E-state index in [1.54, 1.807) is 18.2 Å².